The molecule has 0 bridgehead atoms. The summed E-state index contributed by atoms with van der Waals surface area (Å²) in [5.74, 6) is 2.07. The van der Waals surface area contributed by atoms with E-state index < -0.39 is 5.60 Å². The van der Waals surface area contributed by atoms with Crippen LogP contribution in [0.25, 0.3) is 12.2 Å². The number of ketones is 1. The summed E-state index contributed by atoms with van der Waals surface area (Å²) in [6, 6.07) is 9.16. The zero-order valence-electron chi connectivity index (χ0n) is 28.7. The number of hydrogen-bond acceptors (Lipinski definition) is 6. The topological polar surface area (TPSA) is 85.3 Å². The molecule has 0 unspecified atom stereocenters. The molecule has 1 heterocycles. The number of allylic oxidation sites excluding steroid dienone is 1. The summed E-state index contributed by atoms with van der Waals surface area (Å²) in [5.41, 5.74) is 0.853. The Bertz CT molecular complexity index is 1360. The maximum absolute atomic E-state index is 13.1. The smallest absolute Gasteiger partial charge is 0.277 e. The van der Waals surface area contributed by atoms with Gasteiger partial charge in [-0.15, -0.1) is 0 Å². The average molecular weight is 622 g/mol. The minimum Gasteiger partial charge on any atom is -0.506 e. The summed E-state index contributed by atoms with van der Waals surface area (Å²) >= 11 is 0. The van der Waals surface area contributed by atoms with E-state index in [0.29, 0.717) is 40.8 Å². The predicted octanol–water partition coefficient (Wildman–Crippen LogP) is 6.86. The highest BCUT2D eigenvalue weighted by atomic mass is 16.5. The third-order valence-corrected chi connectivity index (χ3v) is 7.58. The molecule has 1 N–H and O–H groups in total. The SMILES string of the molecule is COc1cc2c(c(O)c1C(=O)/C=C/c1ccc(OCCCC[N+](C)(C)CC(=O)N(CC(C)C)CC(C)C)cc1)C=CC(C)(C)O2. The second kappa shape index (κ2) is 15.5. The maximum atomic E-state index is 13.1. The van der Waals surface area contributed by atoms with E-state index in [1.807, 2.05) is 49.1 Å². The van der Waals surface area contributed by atoms with Gasteiger partial charge < -0.3 is 28.7 Å². The molecule has 0 aromatic heterocycles. The Balaban J connectivity index is 1.50. The zero-order valence-corrected chi connectivity index (χ0v) is 28.7. The molecule has 2 aromatic carbocycles. The van der Waals surface area contributed by atoms with E-state index in [1.54, 1.807) is 18.2 Å². The van der Waals surface area contributed by atoms with Crippen molar-refractivity contribution >= 4 is 23.8 Å². The number of benzene rings is 2. The fourth-order valence-electron chi connectivity index (χ4n) is 5.35. The van der Waals surface area contributed by atoms with Gasteiger partial charge in [0.2, 0.25) is 0 Å². The van der Waals surface area contributed by atoms with Crippen molar-refractivity contribution in [2.24, 2.45) is 11.8 Å². The molecule has 0 saturated carbocycles. The summed E-state index contributed by atoms with van der Waals surface area (Å²) in [4.78, 5) is 28.2. The first-order valence-electron chi connectivity index (χ1n) is 16.0. The van der Waals surface area contributed by atoms with Gasteiger partial charge in [-0.3, -0.25) is 9.59 Å². The minimum atomic E-state index is -0.522. The van der Waals surface area contributed by atoms with Gasteiger partial charge in [0.1, 0.15) is 34.2 Å². The van der Waals surface area contributed by atoms with Crippen LogP contribution in [0, 0.1) is 11.8 Å². The molecule has 0 radical (unpaired) electrons. The van der Waals surface area contributed by atoms with Gasteiger partial charge in [-0.25, -0.2) is 0 Å². The molecule has 1 aliphatic rings. The molecule has 3 rings (SSSR count). The Kier molecular flexibility index (Phi) is 12.3. The van der Waals surface area contributed by atoms with Crippen LogP contribution in [0.3, 0.4) is 0 Å². The van der Waals surface area contributed by atoms with E-state index in [-0.39, 0.29) is 28.8 Å². The number of unbranched alkanes of at least 4 members (excludes halogenated alkanes) is 1. The number of nitrogens with zero attached hydrogens (tertiary/aromatic N) is 2. The van der Waals surface area contributed by atoms with Gasteiger partial charge in [-0.2, -0.15) is 0 Å². The standard InChI is InChI=1S/C37H52N2O6/c1-26(2)23-38(24-27(3)4)34(41)25-39(7,8)20-10-11-21-44-29-15-12-28(13-16-29)14-17-31(40)35-33(43-9)22-32-30(36(35)42)18-19-37(5,6)45-32/h12-19,22,26-27H,10-11,20-21,23-25H2,1-9H3/p+1/b17-14+. The monoisotopic (exact) mass is 621 g/mol. The first kappa shape index (κ1) is 35.7. The van der Waals surface area contributed by atoms with Gasteiger partial charge >= 0.3 is 0 Å². The Morgan fingerprint density at radius 2 is 1.69 bits per heavy atom. The summed E-state index contributed by atoms with van der Waals surface area (Å²) in [6.45, 7) is 16.0. The van der Waals surface area contributed by atoms with Crippen LogP contribution in [0.15, 0.2) is 42.5 Å². The van der Waals surface area contributed by atoms with Crippen LogP contribution in [-0.4, -0.2) is 85.8 Å². The van der Waals surface area contributed by atoms with Gasteiger partial charge in [0.05, 0.1) is 39.9 Å². The van der Waals surface area contributed by atoms with Gasteiger partial charge in [-0.1, -0.05) is 45.9 Å². The van der Waals surface area contributed by atoms with Gasteiger partial charge in [0, 0.05) is 19.2 Å². The third kappa shape index (κ3) is 10.7. The molecule has 8 heteroatoms. The lowest BCUT2D eigenvalue weighted by Gasteiger charge is -2.33. The van der Waals surface area contributed by atoms with E-state index in [2.05, 4.69) is 41.8 Å². The largest absolute Gasteiger partial charge is 0.506 e. The lowest BCUT2D eigenvalue weighted by Crippen LogP contribution is -2.50. The summed E-state index contributed by atoms with van der Waals surface area (Å²) in [5, 5.41) is 10.9. The van der Waals surface area contributed by atoms with Crippen LogP contribution < -0.4 is 14.2 Å². The number of ether oxygens (including phenoxy) is 3. The van der Waals surface area contributed by atoms with Crippen LogP contribution in [0.5, 0.6) is 23.0 Å². The number of fused-ring (bicyclic) bond motifs is 1. The summed E-state index contributed by atoms with van der Waals surface area (Å²) in [6.07, 6.45) is 8.57. The lowest BCUT2D eigenvalue weighted by molar-refractivity contribution is -0.883. The van der Waals surface area contributed by atoms with E-state index >= 15 is 0 Å². The van der Waals surface area contributed by atoms with Gasteiger partial charge in [0.15, 0.2) is 12.3 Å². The fourth-order valence-corrected chi connectivity index (χ4v) is 5.35. The van der Waals surface area contributed by atoms with E-state index in [4.69, 9.17) is 14.2 Å². The van der Waals surface area contributed by atoms with Gasteiger partial charge in [0.25, 0.3) is 5.91 Å². The number of hydrogen-bond donors (Lipinski definition) is 1. The average Bonchev–Trinajstić information content (AvgIpc) is 2.94. The Hall–Kier alpha value is -3.78. The number of quaternary nitrogens is 1. The fraction of sp³-hybridized carbons (Fsp3) is 0.514. The van der Waals surface area contributed by atoms with Crippen LogP contribution >= 0.6 is 0 Å². The van der Waals surface area contributed by atoms with Crippen molar-refractivity contribution in [1.29, 1.82) is 0 Å². The normalized spacial score (nSPS) is 14.0. The van der Waals surface area contributed by atoms with Crippen molar-refractivity contribution in [2.75, 3.05) is 54.0 Å². The van der Waals surface area contributed by atoms with Crippen molar-refractivity contribution in [2.45, 2.75) is 60.0 Å². The van der Waals surface area contributed by atoms with Crippen LogP contribution in [0.2, 0.25) is 0 Å². The number of amides is 1. The first-order valence-corrected chi connectivity index (χ1v) is 16.0. The highest BCUT2D eigenvalue weighted by Crippen LogP contribution is 2.43. The van der Waals surface area contributed by atoms with Crippen molar-refractivity contribution in [1.82, 2.24) is 4.90 Å². The van der Waals surface area contributed by atoms with Gasteiger partial charge in [-0.05, 0) is 74.4 Å². The number of phenolic OH excluding ortho intramolecular Hbond substituents is 1. The summed E-state index contributed by atoms with van der Waals surface area (Å²) in [7, 11) is 5.70. The molecule has 1 aliphatic heterocycles. The van der Waals surface area contributed by atoms with Crippen molar-refractivity contribution < 1.29 is 33.4 Å². The Morgan fingerprint density at radius 3 is 2.29 bits per heavy atom. The number of carbonyl (C=O) groups excluding carboxylic acids is 2. The van der Waals surface area contributed by atoms with E-state index in [0.717, 1.165) is 43.8 Å². The molecule has 0 atom stereocenters. The number of aromatic hydroxyl groups is 1. The molecule has 2 aromatic rings. The number of carbonyl (C=O) groups is 2. The number of phenols is 1. The second-order valence-corrected chi connectivity index (χ2v) is 14.0. The van der Waals surface area contributed by atoms with Crippen molar-refractivity contribution in [3.63, 3.8) is 0 Å². The molecule has 1 amide bonds. The van der Waals surface area contributed by atoms with Crippen LogP contribution in [-0.2, 0) is 4.79 Å². The molecular weight excluding hydrogens is 568 g/mol. The van der Waals surface area contributed by atoms with Crippen LogP contribution in [0.4, 0.5) is 0 Å². The molecular formula is C37H53N2O6+. The molecule has 0 fully saturated rings. The van der Waals surface area contributed by atoms with Crippen molar-refractivity contribution in [3.05, 3.63) is 59.2 Å². The number of methoxy groups -OCH3 is 1. The summed E-state index contributed by atoms with van der Waals surface area (Å²) < 4.78 is 18.0. The first-order chi connectivity index (χ1) is 21.1. The molecule has 0 aliphatic carbocycles. The van der Waals surface area contributed by atoms with E-state index in [9.17, 15) is 14.7 Å². The van der Waals surface area contributed by atoms with E-state index in [1.165, 1.54) is 13.2 Å². The minimum absolute atomic E-state index is 0.0926. The number of rotatable bonds is 16. The second-order valence-electron chi connectivity index (χ2n) is 14.0. The highest BCUT2D eigenvalue weighted by Gasteiger charge is 2.29. The lowest BCUT2D eigenvalue weighted by atomic mass is 9.97. The maximum Gasteiger partial charge on any atom is 0.277 e. The molecule has 0 saturated heterocycles. The Morgan fingerprint density at radius 1 is 1.04 bits per heavy atom. The zero-order chi connectivity index (χ0) is 33.4. The predicted molar refractivity (Wildman–Crippen MR) is 181 cm³/mol. The highest BCUT2D eigenvalue weighted by molar-refractivity contribution is 6.11. The van der Waals surface area contributed by atoms with Crippen LogP contribution in [0.1, 0.15) is 75.9 Å². The molecule has 0 spiro atoms. The molecule has 45 heavy (non-hydrogen) atoms. The number of likely N-dealkylation sites (N-methyl/N-ethyl adjacent to an activating group) is 1. The quantitative estimate of drug-likeness (QED) is 0.0955. The molecule has 246 valence electrons. The third-order valence-electron chi connectivity index (χ3n) is 7.58. The molecule has 8 nitrogen and oxygen atoms in total. The Labute approximate surface area is 269 Å². The van der Waals surface area contributed by atoms with Crippen molar-refractivity contribution in [3.8, 4) is 23.0 Å².